The van der Waals surface area contributed by atoms with Crippen molar-refractivity contribution in [2.75, 3.05) is 11.4 Å². The van der Waals surface area contributed by atoms with E-state index in [1.807, 2.05) is 72.4 Å². The van der Waals surface area contributed by atoms with Crippen molar-refractivity contribution in [3.05, 3.63) is 119 Å². The number of benzene rings is 3. The molecule has 4 aromatic rings. The molecule has 1 aromatic heterocycles. The summed E-state index contributed by atoms with van der Waals surface area (Å²) in [6.07, 6.45) is 0.675. The molecule has 37 heavy (non-hydrogen) atoms. The number of nitrogens with zero attached hydrogens (tertiary/aromatic N) is 4. The maximum absolute atomic E-state index is 13.5. The first kappa shape index (κ1) is 24.2. The third-order valence-electron chi connectivity index (χ3n) is 6.61. The van der Waals surface area contributed by atoms with Gasteiger partial charge in [0, 0.05) is 49.1 Å². The van der Waals surface area contributed by atoms with Gasteiger partial charge in [0.1, 0.15) is 5.82 Å². The summed E-state index contributed by atoms with van der Waals surface area (Å²) in [5, 5.41) is 7.74. The van der Waals surface area contributed by atoms with E-state index < -0.39 is 5.82 Å². The zero-order chi connectivity index (χ0) is 25.8. The average molecular weight is 498 g/mol. The number of hydrogen-bond acceptors (Lipinski definition) is 3. The summed E-state index contributed by atoms with van der Waals surface area (Å²) in [6.45, 7) is 1.68. The zero-order valence-corrected chi connectivity index (χ0v) is 20.6. The van der Waals surface area contributed by atoms with Crippen molar-refractivity contribution in [3.8, 4) is 0 Å². The molecule has 0 bridgehead atoms. The van der Waals surface area contributed by atoms with E-state index in [1.165, 1.54) is 24.3 Å². The van der Waals surface area contributed by atoms with Crippen LogP contribution in [0.2, 0.25) is 0 Å². The molecule has 1 aliphatic rings. The normalized spacial score (nSPS) is 12.6. The van der Waals surface area contributed by atoms with Crippen LogP contribution in [0.25, 0.3) is 0 Å². The van der Waals surface area contributed by atoms with Gasteiger partial charge in [0.05, 0.1) is 18.8 Å². The highest BCUT2D eigenvalue weighted by Gasteiger charge is 2.29. The van der Waals surface area contributed by atoms with Gasteiger partial charge in [0.25, 0.3) is 5.91 Å². The van der Waals surface area contributed by atoms with E-state index in [2.05, 4.69) is 5.32 Å². The van der Waals surface area contributed by atoms with E-state index in [9.17, 15) is 14.0 Å². The standard InChI is InChI=1S/C29H28FN5O2/c1-33-27-16-17-34(29(37)31-18-21-8-4-2-5-9-21)19-25(27)26(32-33)20-35(24-10-6-3-7-11-24)28(36)22-12-14-23(30)15-13-22/h2-15H,16-20H2,1H3,(H,31,37). The van der Waals surface area contributed by atoms with E-state index in [1.54, 1.807) is 9.80 Å². The lowest BCUT2D eigenvalue weighted by Crippen LogP contribution is -2.43. The Balaban J connectivity index is 1.38. The van der Waals surface area contributed by atoms with E-state index in [0.717, 1.165) is 22.5 Å². The molecule has 0 atom stereocenters. The van der Waals surface area contributed by atoms with Crippen LogP contribution >= 0.6 is 0 Å². The molecule has 5 rings (SSSR count). The van der Waals surface area contributed by atoms with Crippen LogP contribution in [0, 0.1) is 5.82 Å². The van der Waals surface area contributed by atoms with E-state index in [0.29, 0.717) is 37.3 Å². The van der Waals surface area contributed by atoms with Crippen molar-refractivity contribution in [2.45, 2.75) is 26.1 Å². The van der Waals surface area contributed by atoms with E-state index in [4.69, 9.17) is 5.10 Å². The van der Waals surface area contributed by atoms with Crippen LogP contribution in [-0.4, -0.2) is 33.2 Å². The number of rotatable bonds is 6. The Hall–Kier alpha value is -4.46. The van der Waals surface area contributed by atoms with Gasteiger partial charge >= 0.3 is 6.03 Å². The predicted octanol–water partition coefficient (Wildman–Crippen LogP) is 4.67. The number of fused-ring (bicyclic) bond motifs is 1. The minimum Gasteiger partial charge on any atom is -0.334 e. The smallest absolute Gasteiger partial charge is 0.317 e. The van der Waals surface area contributed by atoms with Crippen LogP contribution in [0.4, 0.5) is 14.9 Å². The van der Waals surface area contributed by atoms with Gasteiger partial charge in [-0.3, -0.25) is 9.48 Å². The molecular formula is C29H28FN5O2. The quantitative estimate of drug-likeness (QED) is 0.421. The topological polar surface area (TPSA) is 70.5 Å². The first-order valence-corrected chi connectivity index (χ1v) is 12.2. The summed E-state index contributed by atoms with van der Waals surface area (Å²) in [5.41, 5.74) is 4.88. The molecule has 1 aliphatic heterocycles. The van der Waals surface area contributed by atoms with Crippen molar-refractivity contribution in [2.24, 2.45) is 7.05 Å². The fourth-order valence-electron chi connectivity index (χ4n) is 4.64. The highest BCUT2D eigenvalue weighted by Crippen LogP contribution is 2.26. The SMILES string of the molecule is Cn1nc(CN(C(=O)c2ccc(F)cc2)c2ccccc2)c2c1CCN(C(=O)NCc1ccccc1)C2. The van der Waals surface area contributed by atoms with Gasteiger partial charge in [-0.1, -0.05) is 48.5 Å². The molecule has 1 N–H and O–H groups in total. The van der Waals surface area contributed by atoms with Crippen molar-refractivity contribution < 1.29 is 14.0 Å². The van der Waals surface area contributed by atoms with Crippen molar-refractivity contribution in [1.29, 1.82) is 0 Å². The summed E-state index contributed by atoms with van der Waals surface area (Å²) in [4.78, 5) is 29.9. The van der Waals surface area contributed by atoms with Gasteiger partial charge in [0.15, 0.2) is 0 Å². The van der Waals surface area contributed by atoms with Crippen LogP contribution in [-0.2, 0) is 33.1 Å². The number of aryl methyl sites for hydroxylation is 1. The third kappa shape index (κ3) is 5.38. The van der Waals surface area contributed by atoms with Crippen LogP contribution in [0.15, 0.2) is 84.9 Å². The van der Waals surface area contributed by atoms with Crippen LogP contribution < -0.4 is 10.2 Å². The predicted molar refractivity (Wildman–Crippen MR) is 139 cm³/mol. The second-order valence-electron chi connectivity index (χ2n) is 9.05. The number of anilines is 1. The largest absolute Gasteiger partial charge is 0.334 e. The van der Waals surface area contributed by atoms with Crippen LogP contribution in [0.1, 0.15) is 32.9 Å². The summed E-state index contributed by atoms with van der Waals surface area (Å²) in [7, 11) is 1.89. The fourth-order valence-corrected chi connectivity index (χ4v) is 4.64. The van der Waals surface area contributed by atoms with E-state index >= 15 is 0 Å². The molecule has 7 nitrogen and oxygen atoms in total. The second kappa shape index (κ2) is 10.7. The maximum Gasteiger partial charge on any atom is 0.317 e. The molecule has 8 heteroatoms. The molecule has 0 saturated carbocycles. The molecule has 0 spiro atoms. The Labute approximate surface area is 215 Å². The highest BCUT2D eigenvalue weighted by atomic mass is 19.1. The molecule has 0 fully saturated rings. The molecule has 3 aromatic carbocycles. The second-order valence-corrected chi connectivity index (χ2v) is 9.05. The number of nitrogens with one attached hydrogen (secondary N) is 1. The molecule has 0 unspecified atom stereocenters. The van der Waals surface area contributed by atoms with Gasteiger partial charge < -0.3 is 15.1 Å². The Morgan fingerprint density at radius 1 is 0.973 bits per heavy atom. The number of carbonyl (C=O) groups excluding carboxylic acids is 2. The number of hydrogen-bond donors (Lipinski definition) is 1. The van der Waals surface area contributed by atoms with E-state index in [-0.39, 0.29) is 18.5 Å². The number of carbonyl (C=O) groups is 2. The number of aromatic nitrogens is 2. The first-order valence-electron chi connectivity index (χ1n) is 12.2. The number of halogens is 1. The van der Waals surface area contributed by atoms with Gasteiger partial charge in [0.2, 0.25) is 0 Å². The van der Waals surface area contributed by atoms with Gasteiger partial charge in [-0.15, -0.1) is 0 Å². The molecule has 188 valence electrons. The third-order valence-corrected chi connectivity index (χ3v) is 6.61. The van der Waals surface area contributed by atoms with Crippen molar-refractivity contribution in [3.63, 3.8) is 0 Å². The Morgan fingerprint density at radius 3 is 2.35 bits per heavy atom. The number of para-hydroxylation sites is 1. The van der Waals surface area contributed by atoms with Gasteiger partial charge in [-0.05, 0) is 42.0 Å². The number of amides is 3. The fraction of sp³-hybridized carbons (Fsp3) is 0.207. The molecule has 0 saturated heterocycles. The van der Waals surface area contributed by atoms with Gasteiger partial charge in [-0.2, -0.15) is 5.10 Å². The monoisotopic (exact) mass is 497 g/mol. The summed E-state index contributed by atoms with van der Waals surface area (Å²) < 4.78 is 15.3. The lowest BCUT2D eigenvalue weighted by Gasteiger charge is -2.29. The lowest BCUT2D eigenvalue weighted by atomic mass is 10.0. The Kier molecular flexibility index (Phi) is 6.98. The zero-order valence-electron chi connectivity index (χ0n) is 20.6. The molecular weight excluding hydrogens is 469 g/mol. The molecule has 0 aliphatic carbocycles. The minimum absolute atomic E-state index is 0.133. The average Bonchev–Trinajstić information content (AvgIpc) is 3.25. The van der Waals surface area contributed by atoms with Gasteiger partial charge in [-0.25, -0.2) is 9.18 Å². The maximum atomic E-state index is 13.5. The molecule has 2 heterocycles. The van der Waals surface area contributed by atoms with Crippen LogP contribution in [0.5, 0.6) is 0 Å². The summed E-state index contributed by atoms with van der Waals surface area (Å²) in [5.74, 6) is -0.647. The summed E-state index contributed by atoms with van der Waals surface area (Å²) >= 11 is 0. The minimum atomic E-state index is -0.396. The van der Waals surface area contributed by atoms with Crippen molar-refractivity contribution in [1.82, 2.24) is 20.0 Å². The lowest BCUT2D eigenvalue weighted by molar-refractivity contribution is 0.0984. The number of urea groups is 1. The molecule has 3 amide bonds. The van der Waals surface area contributed by atoms with Crippen molar-refractivity contribution >= 4 is 17.6 Å². The molecule has 0 radical (unpaired) electrons. The van der Waals surface area contributed by atoms with Crippen LogP contribution in [0.3, 0.4) is 0 Å². The highest BCUT2D eigenvalue weighted by molar-refractivity contribution is 6.06. The first-order chi connectivity index (χ1) is 18.0. The summed E-state index contributed by atoms with van der Waals surface area (Å²) in [6, 6.07) is 24.5. The Morgan fingerprint density at radius 2 is 1.65 bits per heavy atom. The Bertz CT molecular complexity index is 1390.